The van der Waals surface area contributed by atoms with E-state index in [1.165, 1.54) is 29.2 Å². The largest absolute Gasteiger partial charge is 0.359 e. The monoisotopic (exact) mass is 348 g/mol. The third-order valence-electron chi connectivity index (χ3n) is 4.27. The van der Waals surface area contributed by atoms with E-state index in [0.29, 0.717) is 16.3 Å². The molecular weight excluding hydrogens is 329 g/mol. The molecule has 0 radical (unpaired) electrons. The van der Waals surface area contributed by atoms with Crippen LogP contribution in [0, 0.1) is 5.82 Å². The lowest BCUT2D eigenvalue weighted by Crippen LogP contribution is -3.12. The van der Waals surface area contributed by atoms with Crippen LogP contribution < -0.4 is 15.1 Å². The van der Waals surface area contributed by atoms with Crippen molar-refractivity contribution in [2.45, 2.75) is 0 Å². The molecule has 2 aromatic carbocycles. The van der Waals surface area contributed by atoms with Crippen molar-refractivity contribution in [3.05, 3.63) is 58.9 Å². The zero-order valence-corrected chi connectivity index (χ0v) is 14.2. The van der Waals surface area contributed by atoms with Gasteiger partial charge in [0.05, 0.1) is 43.9 Å². The molecule has 0 spiro atoms. The number of nitrogens with zero attached hydrogens (tertiary/aromatic N) is 1. The number of halogens is 2. The number of anilines is 2. The Morgan fingerprint density at radius 3 is 2.46 bits per heavy atom. The van der Waals surface area contributed by atoms with Gasteiger partial charge in [0.25, 0.3) is 5.91 Å². The van der Waals surface area contributed by atoms with Gasteiger partial charge in [0.1, 0.15) is 5.82 Å². The summed E-state index contributed by atoms with van der Waals surface area (Å²) >= 11 is 6.40. The van der Waals surface area contributed by atoms with Gasteiger partial charge < -0.3 is 15.1 Å². The summed E-state index contributed by atoms with van der Waals surface area (Å²) in [5.74, 6) is -0.657. The average Bonchev–Trinajstić information content (AvgIpc) is 2.57. The first-order valence-electron chi connectivity index (χ1n) is 7.95. The number of piperazine rings is 1. The molecule has 2 N–H and O–H groups in total. The van der Waals surface area contributed by atoms with Crippen LogP contribution in [-0.4, -0.2) is 39.1 Å². The second-order valence-corrected chi connectivity index (χ2v) is 6.48. The molecule has 1 saturated heterocycles. The minimum Gasteiger partial charge on any atom is -0.359 e. The number of hydrogen-bond acceptors (Lipinski definition) is 2. The quantitative estimate of drug-likeness (QED) is 0.891. The fourth-order valence-electron chi connectivity index (χ4n) is 2.77. The van der Waals surface area contributed by atoms with E-state index >= 15 is 0 Å². The predicted octanol–water partition coefficient (Wildman–Crippen LogP) is 2.07. The topological polar surface area (TPSA) is 36.8 Å². The molecule has 24 heavy (non-hydrogen) atoms. The van der Waals surface area contributed by atoms with Gasteiger partial charge in [-0.25, -0.2) is 4.39 Å². The van der Waals surface area contributed by atoms with E-state index in [1.807, 2.05) is 12.1 Å². The summed E-state index contributed by atoms with van der Waals surface area (Å²) in [7, 11) is 2.19. The second kappa shape index (κ2) is 7.20. The maximum atomic E-state index is 12.9. The van der Waals surface area contributed by atoms with Crippen LogP contribution in [0.4, 0.5) is 15.8 Å². The summed E-state index contributed by atoms with van der Waals surface area (Å²) in [5.41, 5.74) is 2.01. The molecule has 0 unspecified atom stereocenters. The molecule has 1 fully saturated rings. The lowest BCUT2D eigenvalue weighted by molar-refractivity contribution is -0.880. The zero-order chi connectivity index (χ0) is 17.1. The molecule has 126 valence electrons. The molecule has 6 heteroatoms. The van der Waals surface area contributed by atoms with Gasteiger partial charge in [-0.2, -0.15) is 0 Å². The third-order valence-corrected chi connectivity index (χ3v) is 4.57. The van der Waals surface area contributed by atoms with Crippen molar-refractivity contribution in [2.24, 2.45) is 0 Å². The van der Waals surface area contributed by atoms with Gasteiger partial charge in [0.2, 0.25) is 0 Å². The Balaban J connectivity index is 1.70. The SMILES string of the molecule is C[NH+]1CCN(c2ccc(NC(=O)c3ccc(F)cc3)cc2Cl)CC1. The molecule has 0 atom stereocenters. The number of quaternary nitrogens is 1. The predicted molar refractivity (Wildman–Crippen MR) is 94.6 cm³/mol. The number of amides is 1. The van der Waals surface area contributed by atoms with Crippen LogP contribution in [0.25, 0.3) is 0 Å². The van der Waals surface area contributed by atoms with Crippen molar-refractivity contribution in [3.8, 4) is 0 Å². The summed E-state index contributed by atoms with van der Waals surface area (Å²) in [6.07, 6.45) is 0. The van der Waals surface area contributed by atoms with Gasteiger partial charge in [-0.05, 0) is 42.5 Å². The average molecular weight is 349 g/mol. The van der Waals surface area contributed by atoms with Crippen molar-refractivity contribution in [2.75, 3.05) is 43.4 Å². The summed E-state index contributed by atoms with van der Waals surface area (Å²) in [5, 5.41) is 3.40. The fourth-order valence-corrected chi connectivity index (χ4v) is 3.08. The molecule has 0 aliphatic carbocycles. The zero-order valence-electron chi connectivity index (χ0n) is 13.5. The normalized spacial score (nSPS) is 15.4. The molecule has 3 rings (SSSR count). The van der Waals surface area contributed by atoms with Crippen LogP contribution in [0.15, 0.2) is 42.5 Å². The van der Waals surface area contributed by atoms with Crippen LogP contribution in [0.2, 0.25) is 5.02 Å². The van der Waals surface area contributed by atoms with Gasteiger partial charge in [0.15, 0.2) is 0 Å². The summed E-state index contributed by atoms with van der Waals surface area (Å²) in [6.45, 7) is 4.10. The standard InChI is InChI=1S/C18H19ClFN3O/c1-22-8-10-23(11-9-22)17-7-6-15(12-16(17)19)21-18(24)13-2-4-14(20)5-3-13/h2-7,12H,8-11H2,1H3,(H,21,24)/p+1. The lowest BCUT2D eigenvalue weighted by Gasteiger charge is -2.32. The molecule has 0 saturated carbocycles. The maximum absolute atomic E-state index is 12.9. The van der Waals surface area contributed by atoms with Crippen molar-refractivity contribution in [1.29, 1.82) is 0 Å². The van der Waals surface area contributed by atoms with Crippen LogP contribution in [-0.2, 0) is 0 Å². The first kappa shape index (κ1) is 16.7. The molecule has 0 bridgehead atoms. The Morgan fingerprint density at radius 1 is 1.17 bits per heavy atom. The third kappa shape index (κ3) is 3.86. The number of nitrogens with one attached hydrogen (secondary N) is 2. The smallest absolute Gasteiger partial charge is 0.255 e. The lowest BCUT2D eigenvalue weighted by atomic mass is 10.2. The summed E-state index contributed by atoms with van der Waals surface area (Å²) < 4.78 is 12.9. The number of carbonyl (C=O) groups is 1. The van der Waals surface area contributed by atoms with E-state index in [0.717, 1.165) is 31.9 Å². The Bertz CT molecular complexity index is 728. The summed E-state index contributed by atoms with van der Waals surface area (Å²) in [6, 6.07) is 11.0. The molecule has 4 nitrogen and oxygen atoms in total. The first-order valence-corrected chi connectivity index (χ1v) is 8.33. The van der Waals surface area contributed by atoms with Crippen molar-refractivity contribution in [3.63, 3.8) is 0 Å². The molecular formula is C18H20ClFN3O+. The summed E-state index contributed by atoms with van der Waals surface area (Å²) in [4.78, 5) is 16.0. The highest BCUT2D eigenvalue weighted by Crippen LogP contribution is 2.29. The van der Waals surface area contributed by atoms with Crippen molar-refractivity contribution < 1.29 is 14.1 Å². The van der Waals surface area contributed by atoms with E-state index in [9.17, 15) is 9.18 Å². The Labute approximate surface area is 145 Å². The molecule has 0 aromatic heterocycles. The Kier molecular flexibility index (Phi) is 5.02. The van der Waals surface area contributed by atoms with Crippen molar-refractivity contribution in [1.82, 2.24) is 0 Å². The molecule has 2 aromatic rings. The number of carbonyl (C=O) groups excluding carboxylic acids is 1. The first-order chi connectivity index (χ1) is 11.5. The van der Waals surface area contributed by atoms with E-state index < -0.39 is 0 Å². The van der Waals surface area contributed by atoms with Crippen LogP contribution >= 0.6 is 11.6 Å². The van der Waals surface area contributed by atoms with E-state index in [2.05, 4.69) is 17.3 Å². The van der Waals surface area contributed by atoms with Gasteiger partial charge in [-0.3, -0.25) is 4.79 Å². The molecule has 1 aliphatic rings. The number of benzene rings is 2. The highest BCUT2D eigenvalue weighted by molar-refractivity contribution is 6.33. The van der Waals surface area contributed by atoms with E-state index in [-0.39, 0.29) is 11.7 Å². The minimum absolute atomic E-state index is 0.290. The number of hydrogen-bond donors (Lipinski definition) is 2. The van der Waals surface area contributed by atoms with Gasteiger partial charge in [0, 0.05) is 11.3 Å². The Morgan fingerprint density at radius 2 is 1.83 bits per heavy atom. The van der Waals surface area contributed by atoms with Gasteiger partial charge in [-0.1, -0.05) is 11.6 Å². The van der Waals surface area contributed by atoms with E-state index in [1.54, 1.807) is 6.07 Å². The van der Waals surface area contributed by atoms with Crippen molar-refractivity contribution >= 4 is 28.9 Å². The van der Waals surface area contributed by atoms with Gasteiger partial charge in [-0.15, -0.1) is 0 Å². The number of rotatable bonds is 3. The maximum Gasteiger partial charge on any atom is 0.255 e. The minimum atomic E-state index is -0.368. The van der Waals surface area contributed by atoms with E-state index in [4.69, 9.17) is 11.6 Å². The molecule has 1 heterocycles. The molecule has 1 amide bonds. The van der Waals surface area contributed by atoms with Crippen LogP contribution in [0.3, 0.4) is 0 Å². The second-order valence-electron chi connectivity index (χ2n) is 6.07. The number of likely N-dealkylation sites (N-methyl/N-ethyl adjacent to an activating group) is 1. The molecule has 1 aliphatic heterocycles. The highest BCUT2D eigenvalue weighted by Gasteiger charge is 2.19. The van der Waals surface area contributed by atoms with Crippen LogP contribution in [0.1, 0.15) is 10.4 Å². The van der Waals surface area contributed by atoms with Crippen LogP contribution in [0.5, 0.6) is 0 Å². The fraction of sp³-hybridized carbons (Fsp3) is 0.278. The van der Waals surface area contributed by atoms with Gasteiger partial charge >= 0.3 is 0 Å². The highest BCUT2D eigenvalue weighted by atomic mass is 35.5. The Hall–Kier alpha value is -2.11.